The molecule has 3 heterocycles. The van der Waals surface area contributed by atoms with Gasteiger partial charge in [-0.05, 0) is 25.9 Å². The van der Waals surface area contributed by atoms with Gasteiger partial charge >= 0.3 is 6.03 Å². The van der Waals surface area contributed by atoms with E-state index in [0.717, 1.165) is 45.9 Å². The number of amides is 3. The maximum Gasteiger partial charge on any atom is 0.325 e. The van der Waals surface area contributed by atoms with E-state index in [1.54, 1.807) is 4.90 Å². The highest BCUT2D eigenvalue weighted by molar-refractivity contribution is 6.07. The standard InChI is InChI=1S/C13H22N4O3/c18-11-13(1-3-14-4-2-13)17(12(19)15-11)6-5-16-7-9-20-10-8-16/h14H,1-10H2,(H,15,18,19). The Balaban J connectivity index is 1.65. The second-order valence-electron chi connectivity index (χ2n) is 5.65. The van der Waals surface area contributed by atoms with E-state index in [4.69, 9.17) is 4.74 Å². The van der Waals surface area contributed by atoms with Crippen LogP contribution >= 0.6 is 0 Å². The van der Waals surface area contributed by atoms with Gasteiger partial charge in [-0.1, -0.05) is 0 Å². The number of piperidine rings is 1. The highest BCUT2D eigenvalue weighted by atomic mass is 16.5. The first-order valence-electron chi connectivity index (χ1n) is 7.36. The van der Waals surface area contributed by atoms with Crippen LogP contribution < -0.4 is 10.6 Å². The summed E-state index contributed by atoms with van der Waals surface area (Å²) in [6.07, 6.45) is 1.40. The van der Waals surface area contributed by atoms with Gasteiger partial charge in [0, 0.05) is 26.2 Å². The van der Waals surface area contributed by atoms with E-state index in [9.17, 15) is 9.59 Å². The summed E-state index contributed by atoms with van der Waals surface area (Å²) < 4.78 is 5.32. The summed E-state index contributed by atoms with van der Waals surface area (Å²) in [5, 5.41) is 5.74. The molecule has 0 atom stereocenters. The van der Waals surface area contributed by atoms with Crippen molar-refractivity contribution in [1.82, 2.24) is 20.4 Å². The molecule has 7 heteroatoms. The van der Waals surface area contributed by atoms with Crippen molar-refractivity contribution in [3.8, 4) is 0 Å². The molecule has 1 spiro atoms. The fraction of sp³-hybridized carbons (Fsp3) is 0.846. The van der Waals surface area contributed by atoms with Gasteiger partial charge in [0.1, 0.15) is 5.54 Å². The van der Waals surface area contributed by atoms with Gasteiger partial charge in [0.15, 0.2) is 0 Å². The predicted molar refractivity (Wildman–Crippen MR) is 72.3 cm³/mol. The van der Waals surface area contributed by atoms with Crippen molar-refractivity contribution in [3.63, 3.8) is 0 Å². The average molecular weight is 282 g/mol. The van der Waals surface area contributed by atoms with Crippen LogP contribution in [0.15, 0.2) is 0 Å². The van der Waals surface area contributed by atoms with Crippen molar-refractivity contribution >= 4 is 11.9 Å². The molecule has 20 heavy (non-hydrogen) atoms. The lowest BCUT2D eigenvalue weighted by Gasteiger charge is -2.39. The van der Waals surface area contributed by atoms with Crippen molar-refractivity contribution in [2.24, 2.45) is 0 Å². The quantitative estimate of drug-likeness (QED) is 0.649. The zero-order valence-corrected chi connectivity index (χ0v) is 11.7. The summed E-state index contributed by atoms with van der Waals surface area (Å²) in [7, 11) is 0. The molecule has 0 aromatic carbocycles. The molecule has 0 saturated carbocycles. The molecule has 0 bridgehead atoms. The SMILES string of the molecule is O=C1NC(=O)C2(CCNCC2)N1CCN1CCOCC1. The Labute approximate surface area is 118 Å². The molecule has 3 aliphatic heterocycles. The number of ether oxygens (including phenoxy) is 1. The third-order valence-corrected chi connectivity index (χ3v) is 4.58. The molecule has 3 amide bonds. The summed E-state index contributed by atoms with van der Waals surface area (Å²) >= 11 is 0. The van der Waals surface area contributed by atoms with Crippen LogP contribution in [-0.4, -0.2) is 79.8 Å². The molecule has 3 fully saturated rings. The summed E-state index contributed by atoms with van der Waals surface area (Å²) in [6.45, 7) is 6.29. The van der Waals surface area contributed by atoms with Gasteiger partial charge in [-0.3, -0.25) is 15.0 Å². The molecule has 112 valence electrons. The van der Waals surface area contributed by atoms with Crippen molar-refractivity contribution < 1.29 is 14.3 Å². The number of nitrogens with one attached hydrogen (secondary N) is 2. The van der Waals surface area contributed by atoms with Crippen LogP contribution in [0.1, 0.15) is 12.8 Å². The summed E-state index contributed by atoms with van der Waals surface area (Å²) in [5.41, 5.74) is -0.616. The molecule has 3 rings (SSSR count). The van der Waals surface area contributed by atoms with E-state index < -0.39 is 5.54 Å². The van der Waals surface area contributed by atoms with E-state index >= 15 is 0 Å². The monoisotopic (exact) mass is 282 g/mol. The molecule has 7 nitrogen and oxygen atoms in total. The van der Waals surface area contributed by atoms with Crippen LogP contribution in [0.3, 0.4) is 0 Å². The van der Waals surface area contributed by atoms with E-state index in [1.807, 2.05) is 0 Å². The maximum absolute atomic E-state index is 12.2. The van der Waals surface area contributed by atoms with Gasteiger partial charge < -0.3 is 15.0 Å². The molecular weight excluding hydrogens is 260 g/mol. The topological polar surface area (TPSA) is 73.9 Å². The minimum absolute atomic E-state index is 0.119. The van der Waals surface area contributed by atoms with Crippen LogP contribution in [0, 0.1) is 0 Å². The first kappa shape index (κ1) is 13.8. The number of carbonyl (C=O) groups excluding carboxylic acids is 2. The number of imide groups is 1. The zero-order chi connectivity index (χ0) is 14.0. The molecule has 0 aromatic heterocycles. The normalized spacial score (nSPS) is 27.1. The zero-order valence-electron chi connectivity index (χ0n) is 11.7. The predicted octanol–water partition coefficient (Wildman–Crippen LogP) is -1.01. The van der Waals surface area contributed by atoms with Crippen LogP contribution in [0.5, 0.6) is 0 Å². The van der Waals surface area contributed by atoms with Gasteiger partial charge in [0.2, 0.25) is 0 Å². The lowest BCUT2D eigenvalue weighted by Crippen LogP contribution is -2.57. The lowest BCUT2D eigenvalue weighted by molar-refractivity contribution is -0.128. The second-order valence-corrected chi connectivity index (χ2v) is 5.65. The Morgan fingerprint density at radius 2 is 1.80 bits per heavy atom. The number of hydrogen-bond donors (Lipinski definition) is 2. The fourth-order valence-electron chi connectivity index (χ4n) is 3.32. The van der Waals surface area contributed by atoms with E-state index in [1.165, 1.54) is 0 Å². The lowest BCUT2D eigenvalue weighted by atomic mass is 9.87. The van der Waals surface area contributed by atoms with Crippen LogP contribution in [0.4, 0.5) is 4.79 Å². The highest BCUT2D eigenvalue weighted by Gasteiger charge is 2.52. The minimum Gasteiger partial charge on any atom is -0.379 e. The summed E-state index contributed by atoms with van der Waals surface area (Å²) in [6, 6.07) is -0.231. The first-order valence-corrected chi connectivity index (χ1v) is 7.36. The number of hydrogen-bond acceptors (Lipinski definition) is 5. The van der Waals surface area contributed by atoms with Crippen LogP contribution in [0.2, 0.25) is 0 Å². The Bertz CT molecular complexity index is 389. The van der Waals surface area contributed by atoms with Crippen molar-refractivity contribution in [2.45, 2.75) is 18.4 Å². The number of carbonyl (C=O) groups is 2. The molecule has 0 aliphatic carbocycles. The Hall–Kier alpha value is -1.18. The number of morpholine rings is 1. The van der Waals surface area contributed by atoms with E-state index in [2.05, 4.69) is 15.5 Å². The number of nitrogens with zero attached hydrogens (tertiary/aromatic N) is 2. The largest absolute Gasteiger partial charge is 0.379 e. The third-order valence-electron chi connectivity index (χ3n) is 4.58. The fourth-order valence-corrected chi connectivity index (χ4v) is 3.32. The van der Waals surface area contributed by atoms with Crippen molar-refractivity contribution in [2.75, 3.05) is 52.5 Å². The first-order chi connectivity index (χ1) is 9.72. The molecule has 3 aliphatic rings. The Morgan fingerprint density at radius 3 is 2.50 bits per heavy atom. The molecule has 0 radical (unpaired) electrons. The van der Waals surface area contributed by atoms with Gasteiger partial charge in [-0.15, -0.1) is 0 Å². The molecular formula is C13H22N4O3. The van der Waals surface area contributed by atoms with Gasteiger partial charge in [-0.25, -0.2) is 4.79 Å². The Kier molecular flexibility index (Phi) is 3.91. The maximum atomic E-state index is 12.2. The molecule has 3 saturated heterocycles. The Morgan fingerprint density at radius 1 is 1.10 bits per heavy atom. The van der Waals surface area contributed by atoms with Gasteiger partial charge in [0.05, 0.1) is 13.2 Å². The van der Waals surface area contributed by atoms with E-state index in [-0.39, 0.29) is 11.9 Å². The van der Waals surface area contributed by atoms with Gasteiger partial charge in [-0.2, -0.15) is 0 Å². The van der Waals surface area contributed by atoms with Crippen molar-refractivity contribution in [3.05, 3.63) is 0 Å². The highest BCUT2D eigenvalue weighted by Crippen LogP contribution is 2.30. The minimum atomic E-state index is -0.616. The third kappa shape index (κ3) is 2.41. The smallest absolute Gasteiger partial charge is 0.325 e. The average Bonchev–Trinajstić information content (AvgIpc) is 2.70. The van der Waals surface area contributed by atoms with Crippen LogP contribution in [-0.2, 0) is 9.53 Å². The molecule has 0 unspecified atom stereocenters. The summed E-state index contributed by atoms with van der Waals surface area (Å²) in [4.78, 5) is 28.3. The van der Waals surface area contributed by atoms with Gasteiger partial charge in [0.25, 0.3) is 5.91 Å². The van der Waals surface area contributed by atoms with Crippen LogP contribution in [0.25, 0.3) is 0 Å². The molecule has 2 N–H and O–H groups in total. The molecule has 0 aromatic rings. The van der Waals surface area contributed by atoms with E-state index in [0.29, 0.717) is 19.4 Å². The summed E-state index contributed by atoms with van der Waals surface area (Å²) in [5.74, 6) is -0.119. The van der Waals surface area contributed by atoms with Crippen molar-refractivity contribution in [1.29, 1.82) is 0 Å². The number of rotatable bonds is 3. The number of urea groups is 1. The second kappa shape index (κ2) is 5.67.